The Morgan fingerprint density at radius 1 is 1.10 bits per heavy atom. The Labute approximate surface area is 170 Å². The molecule has 2 aromatic rings. The summed E-state index contributed by atoms with van der Waals surface area (Å²) in [4.78, 5) is 6.53. The van der Waals surface area contributed by atoms with Crippen molar-refractivity contribution >= 4 is 21.5 Å². The fourth-order valence-corrected chi connectivity index (χ4v) is 5.14. The predicted molar refractivity (Wildman–Crippen MR) is 109 cm³/mol. The van der Waals surface area contributed by atoms with E-state index in [0.717, 1.165) is 19.4 Å². The first-order chi connectivity index (χ1) is 14.0. The molecule has 7 nitrogen and oxygen atoms in total. The molecule has 29 heavy (non-hydrogen) atoms. The highest BCUT2D eigenvalue weighted by Gasteiger charge is 2.27. The van der Waals surface area contributed by atoms with Gasteiger partial charge in [-0.15, -0.1) is 0 Å². The molecule has 3 heterocycles. The maximum atomic E-state index is 14.1. The van der Waals surface area contributed by atoms with Crippen molar-refractivity contribution in [2.75, 3.05) is 49.6 Å². The van der Waals surface area contributed by atoms with Crippen molar-refractivity contribution in [3.63, 3.8) is 0 Å². The molecule has 4 rings (SSSR count). The Morgan fingerprint density at radius 2 is 1.90 bits per heavy atom. The Morgan fingerprint density at radius 3 is 2.62 bits per heavy atom. The molecule has 0 spiro atoms. The molecule has 1 unspecified atom stereocenters. The lowest BCUT2D eigenvalue weighted by Gasteiger charge is -2.35. The van der Waals surface area contributed by atoms with Gasteiger partial charge >= 0.3 is 0 Å². The van der Waals surface area contributed by atoms with E-state index in [0.29, 0.717) is 44.4 Å². The summed E-state index contributed by atoms with van der Waals surface area (Å²) in [7, 11) is -3.55. The molecule has 2 aliphatic heterocycles. The lowest BCUT2D eigenvalue weighted by Crippen LogP contribution is -2.42. The van der Waals surface area contributed by atoms with Crippen LogP contribution in [0.25, 0.3) is 0 Å². The van der Waals surface area contributed by atoms with Gasteiger partial charge in [0.05, 0.1) is 18.9 Å². The third-order valence-corrected chi connectivity index (χ3v) is 7.19. The second-order valence-corrected chi connectivity index (χ2v) is 9.21. The van der Waals surface area contributed by atoms with Crippen molar-refractivity contribution in [1.29, 1.82) is 0 Å². The van der Waals surface area contributed by atoms with E-state index in [2.05, 4.69) is 10.3 Å². The fraction of sp³-hybridized carbons (Fsp3) is 0.450. The van der Waals surface area contributed by atoms with Gasteiger partial charge in [0.15, 0.2) is 0 Å². The van der Waals surface area contributed by atoms with Crippen molar-refractivity contribution in [1.82, 2.24) is 9.29 Å². The van der Waals surface area contributed by atoms with Gasteiger partial charge in [-0.25, -0.2) is 17.8 Å². The molecule has 1 atom stereocenters. The fourth-order valence-electron chi connectivity index (χ4n) is 3.79. The van der Waals surface area contributed by atoms with Crippen molar-refractivity contribution in [2.24, 2.45) is 0 Å². The van der Waals surface area contributed by atoms with Crippen LogP contribution >= 0.6 is 0 Å². The molecular formula is C20H25FN4O3S. The minimum Gasteiger partial charge on any atom is -0.379 e. The van der Waals surface area contributed by atoms with Gasteiger partial charge in [-0.2, -0.15) is 4.31 Å². The van der Waals surface area contributed by atoms with Gasteiger partial charge in [-0.05, 0) is 37.1 Å². The molecule has 2 fully saturated rings. The third kappa shape index (κ3) is 4.52. The molecule has 0 radical (unpaired) electrons. The number of ether oxygens (including phenoxy) is 1. The smallest absolute Gasteiger partial charge is 0.244 e. The third-order valence-electron chi connectivity index (χ3n) is 5.31. The number of rotatable bonds is 5. The zero-order valence-electron chi connectivity index (χ0n) is 16.1. The standard InChI is InChI=1S/C20H25FN4O3S/c21-18-5-1-2-6-19(18)24-9-3-4-16(15-24)23-20-8-7-17(14-22-20)29(26,27)25-10-12-28-13-11-25/h1-2,5-8,14,16H,3-4,9-13,15H2,(H,22,23). The maximum Gasteiger partial charge on any atom is 0.244 e. The highest BCUT2D eigenvalue weighted by molar-refractivity contribution is 7.89. The number of piperidine rings is 1. The van der Waals surface area contributed by atoms with Crippen LogP contribution in [0.4, 0.5) is 15.9 Å². The molecule has 1 aromatic heterocycles. The summed E-state index contributed by atoms with van der Waals surface area (Å²) >= 11 is 0. The summed E-state index contributed by atoms with van der Waals surface area (Å²) in [6, 6.07) is 10.2. The number of pyridine rings is 1. The zero-order chi connectivity index (χ0) is 20.3. The number of hydrogen-bond donors (Lipinski definition) is 1. The molecule has 1 N–H and O–H groups in total. The molecule has 156 valence electrons. The lowest BCUT2D eigenvalue weighted by molar-refractivity contribution is 0.0730. The highest BCUT2D eigenvalue weighted by Crippen LogP contribution is 2.24. The average Bonchev–Trinajstić information content (AvgIpc) is 2.75. The first kappa shape index (κ1) is 20.1. The van der Waals surface area contributed by atoms with Crippen molar-refractivity contribution in [2.45, 2.75) is 23.8 Å². The van der Waals surface area contributed by atoms with E-state index in [1.54, 1.807) is 24.3 Å². The zero-order valence-corrected chi connectivity index (χ0v) is 16.9. The molecule has 1 aromatic carbocycles. The Hall–Kier alpha value is -2.23. The molecule has 2 aliphatic rings. The minimum atomic E-state index is -3.55. The summed E-state index contributed by atoms with van der Waals surface area (Å²) in [6.07, 6.45) is 3.28. The van der Waals surface area contributed by atoms with Gasteiger partial charge in [0.25, 0.3) is 0 Å². The minimum absolute atomic E-state index is 0.109. The molecular weight excluding hydrogens is 395 g/mol. The van der Waals surface area contributed by atoms with E-state index in [4.69, 9.17) is 4.74 Å². The van der Waals surface area contributed by atoms with Crippen molar-refractivity contribution < 1.29 is 17.5 Å². The van der Waals surface area contributed by atoms with Crippen LogP contribution in [0.15, 0.2) is 47.5 Å². The summed E-state index contributed by atoms with van der Waals surface area (Å²) in [5.41, 5.74) is 0.610. The molecule has 0 amide bonds. The molecule has 0 aliphatic carbocycles. The maximum absolute atomic E-state index is 14.1. The Balaban J connectivity index is 1.41. The second kappa shape index (κ2) is 8.64. The number of benzene rings is 1. The lowest BCUT2D eigenvalue weighted by atomic mass is 10.0. The number of hydrogen-bond acceptors (Lipinski definition) is 6. The number of nitrogens with one attached hydrogen (secondary N) is 1. The van der Waals surface area contributed by atoms with Gasteiger partial charge in [0.2, 0.25) is 10.0 Å². The van der Waals surface area contributed by atoms with Crippen LogP contribution < -0.4 is 10.2 Å². The number of nitrogens with zero attached hydrogens (tertiary/aromatic N) is 3. The van der Waals surface area contributed by atoms with E-state index in [1.165, 1.54) is 16.6 Å². The molecule has 0 bridgehead atoms. The summed E-state index contributed by atoms with van der Waals surface area (Å²) in [6.45, 7) is 3.01. The van der Waals surface area contributed by atoms with Crippen LogP contribution in [-0.2, 0) is 14.8 Å². The number of halogens is 1. The SMILES string of the molecule is O=S(=O)(c1ccc(NC2CCCN(c3ccccc3F)C2)nc1)N1CCOCC1. The van der Waals surface area contributed by atoms with Gasteiger partial charge in [-0.3, -0.25) is 0 Å². The van der Waals surface area contributed by atoms with E-state index in [9.17, 15) is 12.8 Å². The quantitative estimate of drug-likeness (QED) is 0.800. The van der Waals surface area contributed by atoms with Crippen LogP contribution in [0.5, 0.6) is 0 Å². The van der Waals surface area contributed by atoms with Gasteiger partial charge in [0, 0.05) is 38.4 Å². The molecule has 9 heteroatoms. The number of para-hydroxylation sites is 1. The summed E-state index contributed by atoms with van der Waals surface area (Å²) in [5.74, 6) is 0.398. The second-order valence-electron chi connectivity index (χ2n) is 7.28. The van der Waals surface area contributed by atoms with E-state index in [1.807, 2.05) is 11.0 Å². The first-order valence-corrected chi connectivity index (χ1v) is 11.3. The van der Waals surface area contributed by atoms with Gasteiger partial charge in [-0.1, -0.05) is 12.1 Å². The van der Waals surface area contributed by atoms with E-state index in [-0.39, 0.29) is 16.8 Å². The Kier molecular flexibility index (Phi) is 5.98. The summed E-state index contributed by atoms with van der Waals surface area (Å²) in [5, 5.41) is 3.35. The topological polar surface area (TPSA) is 74.8 Å². The van der Waals surface area contributed by atoms with Crippen LogP contribution in [0, 0.1) is 5.82 Å². The molecule has 0 saturated carbocycles. The van der Waals surface area contributed by atoms with Gasteiger partial charge < -0.3 is 15.0 Å². The van der Waals surface area contributed by atoms with Crippen LogP contribution in [-0.4, -0.2) is 63.1 Å². The predicted octanol–water partition coefficient (Wildman–Crippen LogP) is 2.32. The summed E-state index contributed by atoms with van der Waals surface area (Å²) < 4.78 is 46.1. The van der Waals surface area contributed by atoms with Crippen LogP contribution in [0.2, 0.25) is 0 Å². The van der Waals surface area contributed by atoms with Crippen LogP contribution in [0.1, 0.15) is 12.8 Å². The first-order valence-electron chi connectivity index (χ1n) is 9.84. The largest absolute Gasteiger partial charge is 0.379 e. The van der Waals surface area contributed by atoms with Gasteiger partial charge in [0.1, 0.15) is 16.5 Å². The highest BCUT2D eigenvalue weighted by atomic mass is 32.2. The number of anilines is 2. The van der Waals surface area contributed by atoms with Crippen LogP contribution in [0.3, 0.4) is 0 Å². The van der Waals surface area contributed by atoms with E-state index < -0.39 is 10.0 Å². The number of morpholine rings is 1. The average molecular weight is 421 g/mol. The monoisotopic (exact) mass is 420 g/mol. The Bertz CT molecular complexity index is 933. The number of aromatic nitrogens is 1. The van der Waals surface area contributed by atoms with Crippen molar-refractivity contribution in [3.05, 3.63) is 48.4 Å². The molecule has 2 saturated heterocycles. The van der Waals surface area contributed by atoms with Crippen molar-refractivity contribution in [3.8, 4) is 0 Å². The normalized spacial score (nSPS) is 21.1. The van der Waals surface area contributed by atoms with E-state index >= 15 is 0 Å². The number of sulfonamides is 1.